The highest BCUT2D eigenvalue weighted by Crippen LogP contribution is 2.34. The van der Waals surface area contributed by atoms with Crippen LogP contribution in [-0.2, 0) is 9.53 Å². The molecule has 0 aliphatic carbocycles. The molecular formula is C20H30N2O2. The predicted octanol–water partition coefficient (Wildman–Crippen LogP) is 2.67. The first-order valence-corrected chi connectivity index (χ1v) is 9.23. The van der Waals surface area contributed by atoms with Crippen LogP contribution in [0, 0.1) is 12.8 Å². The Morgan fingerprint density at radius 3 is 2.50 bits per heavy atom. The first kappa shape index (κ1) is 17.4. The molecule has 0 spiro atoms. The van der Waals surface area contributed by atoms with Crippen molar-refractivity contribution in [2.75, 3.05) is 46.4 Å². The standard InChI is InChI=1S/C20H30N2O2/c1-16-6-8-17(9-7-16)19-14-22(20(23)15-24-2)13-18(19)12-21-10-4-3-5-11-21/h6-9,18-19H,3-5,10-15H2,1-2H3. The van der Waals surface area contributed by atoms with Crippen molar-refractivity contribution in [3.8, 4) is 0 Å². The number of amides is 1. The number of rotatable bonds is 5. The van der Waals surface area contributed by atoms with Gasteiger partial charge < -0.3 is 14.5 Å². The number of hydrogen-bond donors (Lipinski definition) is 0. The molecule has 0 radical (unpaired) electrons. The monoisotopic (exact) mass is 330 g/mol. The van der Waals surface area contributed by atoms with Gasteiger partial charge in [-0.25, -0.2) is 0 Å². The van der Waals surface area contributed by atoms with Crippen molar-refractivity contribution in [3.63, 3.8) is 0 Å². The van der Waals surface area contributed by atoms with E-state index < -0.39 is 0 Å². The van der Waals surface area contributed by atoms with E-state index in [1.165, 1.54) is 43.5 Å². The van der Waals surface area contributed by atoms with Crippen LogP contribution in [0.4, 0.5) is 0 Å². The number of likely N-dealkylation sites (tertiary alicyclic amines) is 2. The number of benzene rings is 1. The van der Waals surface area contributed by atoms with Crippen LogP contribution in [0.5, 0.6) is 0 Å². The van der Waals surface area contributed by atoms with E-state index in [0.717, 1.165) is 19.6 Å². The molecule has 24 heavy (non-hydrogen) atoms. The van der Waals surface area contributed by atoms with Crippen molar-refractivity contribution in [2.24, 2.45) is 5.92 Å². The van der Waals surface area contributed by atoms with Gasteiger partial charge in [0.05, 0.1) is 0 Å². The molecule has 1 amide bonds. The minimum Gasteiger partial charge on any atom is -0.375 e. The second-order valence-electron chi connectivity index (χ2n) is 7.37. The number of aryl methyl sites for hydroxylation is 1. The van der Waals surface area contributed by atoms with E-state index in [9.17, 15) is 4.79 Å². The van der Waals surface area contributed by atoms with Gasteiger partial charge in [-0.05, 0) is 44.3 Å². The third kappa shape index (κ3) is 4.17. The van der Waals surface area contributed by atoms with Gasteiger partial charge in [0.1, 0.15) is 6.61 Å². The maximum absolute atomic E-state index is 12.3. The summed E-state index contributed by atoms with van der Waals surface area (Å²) >= 11 is 0. The molecule has 3 rings (SSSR count). The van der Waals surface area contributed by atoms with E-state index in [1.54, 1.807) is 7.11 Å². The molecule has 2 fully saturated rings. The average molecular weight is 330 g/mol. The van der Waals surface area contributed by atoms with E-state index in [4.69, 9.17) is 4.74 Å². The van der Waals surface area contributed by atoms with Gasteiger partial charge in [-0.2, -0.15) is 0 Å². The molecule has 2 aliphatic heterocycles. The van der Waals surface area contributed by atoms with Gasteiger partial charge in [0.15, 0.2) is 0 Å². The number of nitrogens with zero attached hydrogens (tertiary/aromatic N) is 2. The summed E-state index contributed by atoms with van der Waals surface area (Å²) in [4.78, 5) is 16.9. The molecule has 1 aromatic rings. The Kier molecular flexibility index (Phi) is 5.90. The molecule has 0 saturated carbocycles. The van der Waals surface area contributed by atoms with Crippen molar-refractivity contribution in [1.82, 2.24) is 9.80 Å². The normalized spacial score (nSPS) is 25.2. The zero-order valence-electron chi connectivity index (χ0n) is 15.0. The fourth-order valence-electron chi connectivity index (χ4n) is 4.14. The Morgan fingerprint density at radius 1 is 1.12 bits per heavy atom. The first-order valence-electron chi connectivity index (χ1n) is 9.23. The lowest BCUT2D eigenvalue weighted by Gasteiger charge is -2.31. The molecule has 4 heteroatoms. The number of carbonyl (C=O) groups excluding carboxylic acids is 1. The van der Waals surface area contributed by atoms with Crippen LogP contribution in [0.2, 0.25) is 0 Å². The highest BCUT2D eigenvalue weighted by molar-refractivity contribution is 5.78. The number of methoxy groups -OCH3 is 1. The molecular weight excluding hydrogens is 300 g/mol. The van der Waals surface area contributed by atoms with Gasteiger partial charge in [-0.1, -0.05) is 36.2 Å². The van der Waals surface area contributed by atoms with Crippen LogP contribution in [0.1, 0.15) is 36.3 Å². The smallest absolute Gasteiger partial charge is 0.248 e. The highest BCUT2D eigenvalue weighted by Gasteiger charge is 2.36. The molecule has 2 saturated heterocycles. The topological polar surface area (TPSA) is 32.8 Å². The van der Waals surface area contributed by atoms with Crippen LogP contribution < -0.4 is 0 Å². The lowest BCUT2D eigenvalue weighted by atomic mass is 9.88. The number of ether oxygens (including phenoxy) is 1. The van der Waals surface area contributed by atoms with E-state index in [-0.39, 0.29) is 12.5 Å². The average Bonchev–Trinajstić information content (AvgIpc) is 3.01. The van der Waals surface area contributed by atoms with Gasteiger partial charge in [0.25, 0.3) is 0 Å². The molecule has 2 atom stereocenters. The zero-order chi connectivity index (χ0) is 16.9. The van der Waals surface area contributed by atoms with Crippen molar-refractivity contribution in [3.05, 3.63) is 35.4 Å². The fraction of sp³-hybridized carbons (Fsp3) is 0.650. The Balaban J connectivity index is 1.73. The number of hydrogen-bond acceptors (Lipinski definition) is 3. The van der Waals surface area contributed by atoms with Gasteiger partial charge in [0.2, 0.25) is 5.91 Å². The van der Waals surface area contributed by atoms with Crippen molar-refractivity contribution in [1.29, 1.82) is 0 Å². The summed E-state index contributed by atoms with van der Waals surface area (Å²) in [6, 6.07) is 8.86. The van der Waals surface area contributed by atoms with E-state index in [0.29, 0.717) is 11.8 Å². The lowest BCUT2D eigenvalue weighted by Crippen LogP contribution is -2.37. The van der Waals surface area contributed by atoms with Gasteiger partial charge in [0, 0.05) is 32.7 Å². The van der Waals surface area contributed by atoms with Crippen molar-refractivity contribution in [2.45, 2.75) is 32.1 Å². The molecule has 0 aromatic heterocycles. The summed E-state index contributed by atoms with van der Waals surface area (Å²) in [5, 5.41) is 0. The number of carbonyl (C=O) groups is 1. The molecule has 2 unspecified atom stereocenters. The maximum Gasteiger partial charge on any atom is 0.248 e. The Labute approximate surface area is 145 Å². The van der Waals surface area contributed by atoms with Crippen LogP contribution in [0.3, 0.4) is 0 Å². The molecule has 2 heterocycles. The van der Waals surface area contributed by atoms with Crippen molar-refractivity contribution >= 4 is 5.91 Å². The summed E-state index contributed by atoms with van der Waals surface area (Å²) < 4.78 is 5.06. The van der Waals surface area contributed by atoms with Gasteiger partial charge in [-0.15, -0.1) is 0 Å². The van der Waals surface area contributed by atoms with E-state index >= 15 is 0 Å². The Hall–Kier alpha value is -1.39. The summed E-state index contributed by atoms with van der Waals surface area (Å²) in [6.07, 6.45) is 3.99. The lowest BCUT2D eigenvalue weighted by molar-refractivity contribution is -0.134. The largest absolute Gasteiger partial charge is 0.375 e. The second-order valence-corrected chi connectivity index (χ2v) is 7.37. The SMILES string of the molecule is COCC(=O)N1CC(CN2CCCCC2)C(c2ccc(C)cc2)C1. The third-order valence-electron chi connectivity index (χ3n) is 5.51. The summed E-state index contributed by atoms with van der Waals surface area (Å²) in [5.41, 5.74) is 2.66. The molecule has 0 bridgehead atoms. The minimum absolute atomic E-state index is 0.121. The Bertz CT molecular complexity index is 537. The van der Waals surface area contributed by atoms with Crippen LogP contribution in [-0.4, -0.2) is 62.1 Å². The first-order chi connectivity index (χ1) is 11.7. The minimum atomic E-state index is 0.121. The van der Waals surface area contributed by atoms with Gasteiger partial charge >= 0.3 is 0 Å². The third-order valence-corrected chi connectivity index (χ3v) is 5.51. The van der Waals surface area contributed by atoms with Gasteiger partial charge in [-0.3, -0.25) is 4.79 Å². The molecule has 2 aliphatic rings. The van der Waals surface area contributed by atoms with Crippen LogP contribution >= 0.6 is 0 Å². The van der Waals surface area contributed by atoms with Crippen LogP contribution in [0.25, 0.3) is 0 Å². The zero-order valence-corrected chi connectivity index (χ0v) is 15.0. The summed E-state index contributed by atoms with van der Waals surface area (Å²) in [7, 11) is 1.59. The Morgan fingerprint density at radius 2 is 1.83 bits per heavy atom. The quantitative estimate of drug-likeness (QED) is 0.832. The van der Waals surface area contributed by atoms with Crippen molar-refractivity contribution < 1.29 is 9.53 Å². The van der Waals surface area contributed by atoms with E-state index in [2.05, 4.69) is 36.1 Å². The highest BCUT2D eigenvalue weighted by atomic mass is 16.5. The van der Waals surface area contributed by atoms with Crippen LogP contribution in [0.15, 0.2) is 24.3 Å². The fourth-order valence-corrected chi connectivity index (χ4v) is 4.14. The molecule has 1 aromatic carbocycles. The molecule has 0 N–H and O–H groups in total. The maximum atomic E-state index is 12.3. The predicted molar refractivity (Wildman–Crippen MR) is 96.2 cm³/mol. The second kappa shape index (κ2) is 8.13. The van der Waals surface area contributed by atoms with E-state index in [1.807, 2.05) is 4.90 Å². The summed E-state index contributed by atoms with van der Waals surface area (Å²) in [5.74, 6) is 1.08. The summed E-state index contributed by atoms with van der Waals surface area (Å²) in [6.45, 7) is 7.53. The molecule has 132 valence electrons. The number of piperidine rings is 1. The molecule has 4 nitrogen and oxygen atoms in total.